The van der Waals surface area contributed by atoms with Crippen LogP contribution in [0.25, 0.3) is 0 Å². The summed E-state index contributed by atoms with van der Waals surface area (Å²) in [6.45, 7) is 1.95. The number of carbonyl (C=O) groups is 2. The van der Waals surface area contributed by atoms with Gasteiger partial charge in [0, 0.05) is 39.9 Å². The number of carbonyl (C=O) groups excluding carboxylic acids is 2. The molecule has 0 unspecified atom stereocenters. The van der Waals surface area contributed by atoms with Crippen LogP contribution in [0, 0.1) is 0 Å². The molecule has 0 aliphatic heterocycles. The van der Waals surface area contributed by atoms with Gasteiger partial charge >= 0.3 is 0 Å². The van der Waals surface area contributed by atoms with E-state index < -0.39 is 0 Å². The Morgan fingerprint density at radius 3 is 2.13 bits per heavy atom. The fourth-order valence-electron chi connectivity index (χ4n) is 1.99. The van der Waals surface area contributed by atoms with Gasteiger partial charge in [-0.05, 0) is 49.4 Å². The molecule has 0 aliphatic rings. The van der Waals surface area contributed by atoms with Crippen LogP contribution in [0.1, 0.15) is 23.7 Å². The summed E-state index contributed by atoms with van der Waals surface area (Å²) in [7, 11) is 0. The van der Waals surface area contributed by atoms with Gasteiger partial charge in [0.05, 0.1) is 0 Å². The molecule has 0 radical (unpaired) electrons. The van der Waals surface area contributed by atoms with Crippen molar-refractivity contribution in [1.29, 1.82) is 0 Å². The second-order valence-electron chi connectivity index (χ2n) is 5.02. The van der Waals surface area contributed by atoms with E-state index in [4.69, 9.17) is 23.2 Å². The SMILES string of the molecule is CC(=O)c1ccc(NC(=O)CCNc2cc(Cl)cc(Cl)c2)cc1. The van der Waals surface area contributed by atoms with Crippen molar-refractivity contribution < 1.29 is 9.59 Å². The molecular formula is C17H16Cl2N2O2. The minimum absolute atomic E-state index is 0.00717. The summed E-state index contributed by atoms with van der Waals surface area (Å²) in [5.41, 5.74) is 2.04. The number of anilines is 2. The van der Waals surface area contributed by atoms with Crippen LogP contribution >= 0.6 is 23.2 Å². The number of hydrogen-bond donors (Lipinski definition) is 2. The topological polar surface area (TPSA) is 58.2 Å². The first-order chi connectivity index (χ1) is 10.9. The number of halogens is 2. The predicted molar refractivity (Wildman–Crippen MR) is 94.6 cm³/mol. The molecule has 0 atom stereocenters. The van der Waals surface area contributed by atoms with Crippen LogP contribution in [0.5, 0.6) is 0 Å². The third-order valence-electron chi connectivity index (χ3n) is 3.12. The van der Waals surface area contributed by atoms with Gasteiger partial charge in [-0.2, -0.15) is 0 Å². The minimum Gasteiger partial charge on any atom is -0.384 e. The quantitative estimate of drug-likeness (QED) is 0.746. The van der Waals surface area contributed by atoms with Crippen molar-refractivity contribution in [3.8, 4) is 0 Å². The molecule has 6 heteroatoms. The molecule has 1 amide bonds. The Morgan fingerprint density at radius 1 is 0.957 bits per heavy atom. The molecular weight excluding hydrogens is 335 g/mol. The maximum Gasteiger partial charge on any atom is 0.226 e. The van der Waals surface area contributed by atoms with Crippen molar-refractivity contribution in [2.45, 2.75) is 13.3 Å². The maximum absolute atomic E-state index is 11.9. The Morgan fingerprint density at radius 2 is 1.57 bits per heavy atom. The fraction of sp³-hybridized carbons (Fsp3) is 0.176. The summed E-state index contributed by atoms with van der Waals surface area (Å²) >= 11 is 11.8. The average Bonchev–Trinajstić information content (AvgIpc) is 2.46. The van der Waals surface area contributed by atoms with Gasteiger partial charge in [-0.1, -0.05) is 23.2 Å². The fourth-order valence-corrected chi connectivity index (χ4v) is 2.51. The smallest absolute Gasteiger partial charge is 0.226 e. The molecule has 0 heterocycles. The number of ketones is 1. The average molecular weight is 351 g/mol. The lowest BCUT2D eigenvalue weighted by Gasteiger charge is -2.08. The van der Waals surface area contributed by atoms with Crippen molar-refractivity contribution in [2.75, 3.05) is 17.2 Å². The largest absolute Gasteiger partial charge is 0.384 e. The molecule has 0 fully saturated rings. The Labute approximate surface area is 144 Å². The Balaban J connectivity index is 1.81. The number of nitrogens with one attached hydrogen (secondary N) is 2. The van der Waals surface area contributed by atoms with E-state index in [-0.39, 0.29) is 11.7 Å². The highest BCUT2D eigenvalue weighted by Crippen LogP contribution is 2.22. The van der Waals surface area contributed by atoms with E-state index in [2.05, 4.69) is 10.6 Å². The van der Waals surface area contributed by atoms with E-state index in [9.17, 15) is 9.59 Å². The monoisotopic (exact) mass is 350 g/mol. The normalized spacial score (nSPS) is 10.2. The zero-order chi connectivity index (χ0) is 16.8. The third-order valence-corrected chi connectivity index (χ3v) is 3.56. The summed E-state index contributed by atoms with van der Waals surface area (Å²) < 4.78 is 0. The number of benzene rings is 2. The van der Waals surface area contributed by atoms with Crippen molar-refractivity contribution in [3.05, 3.63) is 58.1 Å². The highest BCUT2D eigenvalue weighted by atomic mass is 35.5. The first-order valence-corrected chi connectivity index (χ1v) is 7.80. The van der Waals surface area contributed by atoms with Gasteiger partial charge < -0.3 is 10.6 Å². The molecule has 2 aromatic rings. The van der Waals surface area contributed by atoms with Gasteiger partial charge in [-0.3, -0.25) is 9.59 Å². The molecule has 2 rings (SSSR count). The van der Waals surface area contributed by atoms with Gasteiger partial charge in [-0.25, -0.2) is 0 Å². The van der Waals surface area contributed by atoms with Crippen LogP contribution in [0.4, 0.5) is 11.4 Å². The van der Waals surface area contributed by atoms with Crippen LogP contribution in [0.3, 0.4) is 0 Å². The summed E-state index contributed by atoms with van der Waals surface area (Å²) in [5, 5.41) is 6.94. The highest BCUT2D eigenvalue weighted by Gasteiger charge is 2.04. The van der Waals surface area contributed by atoms with E-state index in [1.165, 1.54) is 6.92 Å². The second-order valence-corrected chi connectivity index (χ2v) is 5.89. The standard InChI is InChI=1S/C17H16Cl2N2O2/c1-11(22)12-2-4-15(5-3-12)21-17(23)6-7-20-16-9-13(18)8-14(19)10-16/h2-5,8-10,20H,6-7H2,1H3,(H,21,23). The molecule has 2 N–H and O–H groups in total. The summed E-state index contributed by atoms with van der Waals surface area (Å²) in [6.07, 6.45) is 0.290. The van der Waals surface area contributed by atoms with Crippen LogP contribution in [0.15, 0.2) is 42.5 Å². The molecule has 0 saturated heterocycles. The van der Waals surface area contributed by atoms with E-state index in [0.29, 0.717) is 34.3 Å². The lowest BCUT2D eigenvalue weighted by molar-refractivity contribution is -0.115. The highest BCUT2D eigenvalue weighted by molar-refractivity contribution is 6.35. The molecule has 0 spiro atoms. The minimum atomic E-state index is -0.124. The number of rotatable bonds is 6. The van der Waals surface area contributed by atoms with E-state index in [1.54, 1.807) is 42.5 Å². The van der Waals surface area contributed by atoms with Crippen molar-refractivity contribution in [2.24, 2.45) is 0 Å². The first-order valence-electron chi connectivity index (χ1n) is 7.05. The van der Waals surface area contributed by atoms with Crippen LogP contribution in [0.2, 0.25) is 10.0 Å². The predicted octanol–water partition coefficient (Wildman–Crippen LogP) is 4.64. The van der Waals surface area contributed by atoms with Crippen LogP contribution in [-0.2, 0) is 4.79 Å². The van der Waals surface area contributed by atoms with Gasteiger partial charge in [0.2, 0.25) is 5.91 Å². The number of amides is 1. The van der Waals surface area contributed by atoms with Crippen molar-refractivity contribution in [1.82, 2.24) is 0 Å². The number of hydrogen-bond acceptors (Lipinski definition) is 3. The molecule has 0 saturated carbocycles. The Bertz CT molecular complexity index is 695. The van der Waals surface area contributed by atoms with Gasteiger partial charge in [0.25, 0.3) is 0 Å². The zero-order valence-corrected chi connectivity index (χ0v) is 14.0. The second kappa shape index (κ2) is 7.99. The number of Topliss-reactive ketones (excluding diaryl/α,β-unsaturated/α-hetero) is 1. The third kappa shape index (κ3) is 5.58. The van der Waals surface area contributed by atoms with Crippen molar-refractivity contribution >= 4 is 46.3 Å². The van der Waals surface area contributed by atoms with Gasteiger partial charge in [-0.15, -0.1) is 0 Å². The first kappa shape index (κ1) is 17.3. The summed E-state index contributed by atoms with van der Waals surface area (Å²) in [6, 6.07) is 11.9. The van der Waals surface area contributed by atoms with Crippen LogP contribution in [-0.4, -0.2) is 18.2 Å². The lowest BCUT2D eigenvalue weighted by Crippen LogP contribution is -2.16. The van der Waals surface area contributed by atoms with Crippen LogP contribution < -0.4 is 10.6 Å². The summed E-state index contributed by atoms with van der Waals surface area (Å²) in [5.74, 6) is -0.131. The van der Waals surface area contributed by atoms with Crippen molar-refractivity contribution in [3.63, 3.8) is 0 Å². The Kier molecular flexibility index (Phi) is 6.02. The molecule has 0 bridgehead atoms. The molecule has 120 valence electrons. The van der Waals surface area contributed by atoms with E-state index >= 15 is 0 Å². The lowest BCUT2D eigenvalue weighted by atomic mass is 10.1. The van der Waals surface area contributed by atoms with E-state index in [0.717, 1.165) is 5.69 Å². The molecule has 4 nitrogen and oxygen atoms in total. The Hall–Kier alpha value is -2.04. The van der Waals surface area contributed by atoms with Gasteiger partial charge in [0.15, 0.2) is 5.78 Å². The molecule has 23 heavy (non-hydrogen) atoms. The zero-order valence-electron chi connectivity index (χ0n) is 12.5. The molecule has 0 aromatic heterocycles. The molecule has 0 aliphatic carbocycles. The van der Waals surface area contributed by atoms with E-state index in [1.807, 2.05) is 0 Å². The molecule has 2 aromatic carbocycles. The summed E-state index contributed by atoms with van der Waals surface area (Å²) in [4.78, 5) is 23.1. The maximum atomic E-state index is 11.9. The van der Waals surface area contributed by atoms with Gasteiger partial charge in [0.1, 0.15) is 0 Å².